The Labute approximate surface area is 212 Å². The lowest BCUT2D eigenvalue weighted by Gasteiger charge is -2.28. The van der Waals surface area contributed by atoms with Crippen LogP contribution in [0.4, 0.5) is 0 Å². The van der Waals surface area contributed by atoms with Gasteiger partial charge in [0.25, 0.3) is 0 Å². The molecule has 6 N–H and O–H groups in total. The second kappa shape index (κ2) is 14.7. The summed E-state index contributed by atoms with van der Waals surface area (Å²) in [6, 6.07) is -4.32. The van der Waals surface area contributed by atoms with Gasteiger partial charge in [0.1, 0.15) is 24.2 Å². The molecule has 1 aliphatic heterocycles. The monoisotopic (exact) mass is 514 g/mol. The molecule has 1 fully saturated rings. The zero-order valence-corrected chi connectivity index (χ0v) is 22.0. The summed E-state index contributed by atoms with van der Waals surface area (Å²) < 4.78 is 4.90. The largest absolute Gasteiger partial charge is 0.480 e. The number of carboxylic acid groups (broad SMARTS) is 1. The van der Waals surface area contributed by atoms with Crippen LogP contribution in [-0.2, 0) is 28.7 Å². The van der Waals surface area contributed by atoms with Gasteiger partial charge >= 0.3 is 11.9 Å². The lowest BCUT2D eigenvalue weighted by Crippen LogP contribution is -2.54. The van der Waals surface area contributed by atoms with Crippen molar-refractivity contribution in [2.45, 2.75) is 104 Å². The van der Waals surface area contributed by atoms with Crippen LogP contribution in [0.1, 0.15) is 67.2 Å². The van der Waals surface area contributed by atoms with Gasteiger partial charge in [-0.05, 0) is 38.0 Å². The van der Waals surface area contributed by atoms with E-state index in [9.17, 15) is 29.1 Å². The molecule has 0 spiro atoms. The van der Waals surface area contributed by atoms with Crippen LogP contribution >= 0.6 is 0 Å². The normalized spacial score (nSPS) is 20.1. The summed E-state index contributed by atoms with van der Waals surface area (Å²) in [4.78, 5) is 61.1. The number of aliphatic carboxylic acids is 1. The lowest BCUT2D eigenvalue weighted by molar-refractivity contribution is -0.143. The fraction of sp³-hybridized carbons (Fsp3) is 0.792. The molecule has 36 heavy (non-hydrogen) atoms. The van der Waals surface area contributed by atoms with Crippen molar-refractivity contribution in [2.24, 2.45) is 11.8 Å². The molecule has 12 heteroatoms. The molecule has 1 rings (SSSR count). The smallest absolute Gasteiger partial charge is 0.326 e. The summed E-state index contributed by atoms with van der Waals surface area (Å²) in [5.41, 5.74) is 0. The molecular formula is C24H42N4O8. The van der Waals surface area contributed by atoms with E-state index >= 15 is 0 Å². The second-order valence-corrected chi connectivity index (χ2v) is 9.95. The minimum atomic E-state index is -1.27. The van der Waals surface area contributed by atoms with Gasteiger partial charge in [-0.25, -0.2) is 4.79 Å². The molecule has 206 valence electrons. The molecule has 1 heterocycles. The maximum absolute atomic E-state index is 13.1. The number of carbonyl (C=O) groups excluding carboxylic acids is 4. The molecule has 1 aliphatic rings. The van der Waals surface area contributed by atoms with Crippen molar-refractivity contribution >= 4 is 29.7 Å². The van der Waals surface area contributed by atoms with E-state index in [4.69, 9.17) is 9.84 Å². The van der Waals surface area contributed by atoms with Crippen molar-refractivity contribution in [3.05, 3.63) is 0 Å². The number of esters is 1. The second-order valence-electron chi connectivity index (χ2n) is 9.95. The van der Waals surface area contributed by atoms with Gasteiger partial charge in [0.05, 0.1) is 25.2 Å². The quantitative estimate of drug-likeness (QED) is 0.118. The van der Waals surface area contributed by atoms with E-state index in [1.807, 2.05) is 27.7 Å². The van der Waals surface area contributed by atoms with Gasteiger partial charge < -0.3 is 30.9 Å². The van der Waals surface area contributed by atoms with E-state index in [1.165, 1.54) is 0 Å². The van der Waals surface area contributed by atoms with Crippen LogP contribution in [0, 0.1) is 11.8 Å². The molecule has 0 aromatic carbocycles. The zero-order valence-electron chi connectivity index (χ0n) is 22.0. The van der Waals surface area contributed by atoms with E-state index in [1.54, 1.807) is 13.8 Å². The van der Waals surface area contributed by atoms with E-state index < -0.39 is 72.4 Å². The fourth-order valence-electron chi connectivity index (χ4n) is 3.79. The molecule has 0 aliphatic carbocycles. The minimum absolute atomic E-state index is 0.0512. The van der Waals surface area contributed by atoms with Gasteiger partial charge in [0.15, 0.2) is 0 Å². The van der Waals surface area contributed by atoms with Gasteiger partial charge in [-0.3, -0.25) is 24.5 Å². The van der Waals surface area contributed by atoms with Crippen LogP contribution in [-0.4, -0.2) is 82.8 Å². The number of carbonyl (C=O) groups is 5. The molecule has 12 nitrogen and oxygen atoms in total. The topological polar surface area (TPSA) is 193 Å². The Morgan fingerprint density at radius 1 is 0.889 bits per heavy atom. The molecule has 0 bridgehead atoms. The van der Waals surface area contributed by atoms with Crippen LogP contribution in [0.3, 0.4) is 0 Å². The molecule has 3 amide bonds. The van der Waals surface area contributed by atoms with Crippen molar-refractivity contribution in [3.8, 4) is 0 Å². The third-order valence-electron chi connectivity index (χ3n) is 5.70. The first-order chi connectivity index (χ1) is 16.8. The van der Waals surface area contributed by atoms with Crippen LogP contribution in [0.15, 0.2) is 0 Å². The van der Waals surface area contributed by atoms with Crippen LogP contribution in [0.25, 0.3) is 0 Å². The summed E-state index contributed by atoms with van der Waals surface area (Å²) in [5, 5.41) is 30.4. The van der Waals surface area contributed by atoms with E-state index in [-0.39, 0.29) is 24.9 Å². The summed E-state index contributed by atoms with van der Waals surface area (Å²) >= 11 is 0. The molecule has 0 saturated carbocycles. The Hall–Kier alpha value is -2.73. The highest BCUT2D eigenvalue weighted by atomic mass is 16.5. The summed E-state index contributed by atoms with van der Waals surface area (Å²) in [7, 11) is 0. The van der Waals surface area contributed by atoms with Gasteiger partial charge in [0.2, 0.25) is 17.7 Å². The molecule has 6 atom stereocenters. The van der Waals surface area contributed by atoms with Gasteiger partial charge in [-0.1, -0.05) is 34.6 Å². The highest BCUT2D eigenvalue weighted by molar-refractivity contribution is 5.97. The number of ether oxygens (including phenoxy) is 1. The van der Waals surface area contributed by atoms with Crippen LogP contribution < -0.4 is 21.3 Å². The highest BCUT2D eigenvalue weighted by Gasteiger charge is 2.49. The van der Waals surface area contributed by atoms with Crippen LogP contribution in [0.5, 0.6) is 0 Å². The van der Waals surface area contributed by atoms with Gasteiger partial charge in [-0.15, -0.1) is 0 Å². The Balaban J connectivity index is 2.85. The Morgan fingerprint density at radius 2 is 1.50 bits per heavy atom. The zero-order chi connectivity index (χ0) is 27.6. The number of hydrogen-bond acceptors (Lipinski definition) is 8. The lowest BCUT2D eigenvalue weighted by atomic mass is 9.95. The number of aliphatic hydroxyl groups excluding tert-OH is 1. The number of rotatable bonds is 16. The fourth-order valence-corrected chi connectivity index (χ4v) is 3.79. The molecule has 0 aromatic rings. The van der Waals surface area contributed by atoms with Crippen molar-refractivity contribution in [3.63, 3.8) is 0 Å². The van der Waals surface area contributed by atoms with E-state index in [0.29, 0.717) is 12.8 Å². The van der Waals surface area contributed by atoms with Crippen molar-refractivity contribution in [1.82, 2.24) is 21.3 Å². The Kier molecular flexibility index (Phi) is 12.8. The van der Waals surface area contributed by atoms with Gasteiger partial charge in [-0.2, -0.15) is 0 Å². The SMILES string of the molecule is CCOC(=O)[C@@H]1N[C@H]1C(=O)N[C@@H](CC(C)C)C(=O)N[C@@H](CC(C)C)[C@@H](O)CC(=O)N[C@@H](CC)C(=O)O. The number of nitrogens with one attached hydrogen (secondary N) is 4. The minimum Gasteiger partial charge on any atom is -0.480 e. The molecule has 1 saturated heterocycles. The maximum Gasteiger partial charge on any atom is 0.326 e. The maximum atomic E-state index is 13.1. The summed E-state index contributed by atoms with van der Waals surface area (Å²) in [6.07, 6.45) is -0.802. The summed E-state index contributed by atoms with van der Waals surface area (Å²) in [6.45, 7) is 11.0. The molecule has 0 radical (unpaired) electrons. The molecule has 0 aromatic heterocycles. The predicted molar refractivity (Wildman–Crippen MR) is 131 cm³/mol. The van der Waals surface area contributed by atoms with Gasteiger partial charge in [0, 0.05) is 0 Å². The standard InChI is InChI=1S/C24H42N4O8/c1-7-14(23(33)34)25-18(30)11-17(29)15(9-12(3)4)26-21(31)16(10-13(5)6)27-22(32)19-20(28-19)24(35)36-8-2/h12-17,19-20,28-29H,7-11H2,1-6H3,(H,25,30)(H,26,31)(H,27,32)(H,33,34)/t14-,15-,16-,17-,19+,20+/m0/s1. The number of amides is 3. The molecule has 0 unspecified atom stereocenters. The van der Waals surface area contributed by atoms with E-state index in [2.05, 4.69) is 21.3 Å². The van der Waals surface area contributed by atoms with Crippen molar-refractivity contribution in [1.29, 1.82) is 0 Å². The van der Waals surface area contributed by atoms with Crippen molar-refractivity contribution < 1.29 is 38.9 Å². The Bertz CT molecular complexity index is 788. The van der Waals surface area contributed by atoms with Crippen molar-refractivity contribution in [2.75, 3.05) is 6.61 Å². The van der Waals surface area contributed by atoms with E-state index in [0.717, 1.165) is 0 Å². The number of carboxylic acids is 1. The third-order valence-corrected chi connectivity index (χ3v) is 5.70. The average molecular weight is 515 g/mol. The first-order valence-corrected chi connectivity index (χ1v) is 12.5. The average Bonchev–Trinajstić information content (AvgIpc) is 3.57. The Morgan fingerprint density at radius 3 is 2.00 bits per heavy atom. The third kappa shape index (κ3) is 10.5. The number of hydrogen-bond donors (Lipinski definition) is 6. The first kappa shape index (κ1) is 31.3. The number of aliphatic hydroxyl groups is 1. The predicted octanol–water partition coefficient (Wildman–Crippen LogP) is -0.318. The molecular weight excluding hydrogens is 472 g/mol. The van der Waals surface area contributed by atoms with Crippen LogP contribution in [0.2, 0.25) is 0 Å². The summed E-state index contributed by atoms with van der Waals surface area (Å²) in [5.74, 6) is -3.26. The first-order valence-electron chi connectivity index (χ1n) is 12.5. The highest BCUT2D eigenvalue weighted by Crippen LogP contribution is 2.16.